The number of rotatable bonds is 9. The molecule has 0 rings (SSSR count). The Labute approximate surface area is 131 Å². The van der Waals surface area contributed by atoms with E-state index in [1.807, 2.05) is 0 Å². The minimum atomic E-state index is -1.74. The first-order valence-electron chi connectivity index (χ1n) is 6.15. The van der Waals surface area contributed by atoms with Crippen LogP contribution < -0.4 is 0 Å². The lowest BCUT2D eigenvalue weighted by Crippen LogP contribution is -2.33. The second-order valence-electron chi connectivity index (χ2n) is 4.04. The summed E-state index contributed by atoms with van der Waals surface area (Å²) in [6, 6.07) is 0. The van der Waals surface area contributed by atoms with Crippen LogP contribution in [0.15, 0.2) is 48.0 Å². The zero-order chi connectivity index (χ0) is 18.0. The van der Waals surface area contributed by atoms with Gasteiger partial charge in [-0.2, -0.15) is 0 Å². The largest absolute Gasteiger partial charge is 0.502 e. The molecule has 0 aromatic rings. The zero-order valence-electron chi connectivity index (χ0n) is 12.2. The number of aliphatic hydroxyl groups excluding tert-OH is 1. The first kappa shape index (κ1) is 20.1. The standard InChI is InChI=1S/C14H16FNO7/c1-3-10(15)5-4-9(2)7-16(23-8-13(19)20)12(18)6-11(17)14(21)22/h3-6,17H,2,7-8H2,1H3,(H,19,20)(H,21,22)/b5-4-,10-3+,11-6-. The number of carbonyl (C=O) groups excluding carboxylic acids is 1. The molecular weight excluding hydrogens is 313 g/mol. The lowest BCUT2D eigenvalue weighted by molar-refractivity contribution is -0.186. The Bertz CT molecular complexity index is 578. The molecule has 23 heavy (non-hydrogen) atoms. The highest BCUT2D eigenvalue weighted by Crippen LogP contribution is 2.06. The number of amides is 1. The van der Waals surface area contributed by atoms with Gasteiger partial charge in [-0.25, -0.2) is 19.0 Å². The number of carbonyl (C=O) groups is 3. The molecule has 3 N–H and O–H groups in total. The second kappa shape index (κ2) is 9.90. The Kier molecular flexibility index (Phi) is 8.63. The predicted octanol–water partition coefficient (Wildman–Crippen LogP) is 1.34. The molecule has 8 nitrogen and oxygen atoms in total. The molecule has 0 heterocycles. The summed E-state index contributed by atoms with van der Waals surface area (Å²) in [6.07, 6.45) is 3.81. The van der Waals surface area contributed by atoms with Crippen LogP contribution in [0.5, 0.6) is 0 Å². The first-order chi connectivity index (χ1) is 10.7. The molecule has 0 aliphatic heterocycles. The molecule has 126 valence electrons. The highest BCUT2D eigenvalue weighted by atomic mass is 19.1. The molecular formula is C14H16FNO7. The molecule has 0 aliphatic carbocycles. The van der Waals surface area contributed by atoms with Crippen LogP contribution in [-0.2, 0) is 19.2 Å². The van der Waals surface area contributed by atoms with E-state index in [1.54, 1.807) is 0 Å². The third-order valence-electron chi connectivity index (χ3n) is 2.17. The Hall–Kier alpha value is -2.94. The lowest BCUT2D eigenvalue weighted by Gasteiger charge is -2.19. The van der Waals surface area contributed by atoms with Gasteiger partial charge in [-0.3, -0.25) is 9.63 Å². The topological polar surface area (TPSA) is 124 Å². The molecule has 0 saturated heterocycles. The molecule has 9 heteroatoms. The van der Waals surface area contributed by atoms with Crippen LogP contribution in [-0.4, -0.2) is 51.4 Å². The van der Waals surface area contributed by atoms with E-state index in [0.29, 0.717) is 11.1 Å². The Morgan fingerprint density at radius 1 is 1.22 bits per heavy atom. The van der Waals surface area contributed by atoms with Gasteiger partial charge in [0.2, 0.25) is 5.76 Å². The average Bonchev–Trinajstić information content (AvgIpc) is 2.48. The number of allylic oxidation sites excluding steroid dienone is 3. The average molecular weight is 329 g/mol. The number of carboxylic acid groups (broad SMARTS) is 2. The van der Waals surface area contributed by atoms with E-state index in [1.165, 1.54) is 19.1 Å². The van der Waals surface area contributed by atoms with E-state index in [4.69, 9.17) is 15.3 Å². The first-order valence-corrected chi connectivity index (χ1v) is 6.15. The van der Waals surface area contributed by atoms with Gasteiger partial charge in [0.05, 0.1) is 12.6 Å². The quantitative estimate of drug-likeness (QED) is 0.252. The summed E-state index contributed by atoms with van der Waals surface area (Å²) < 4.78 is 12.9. The molecule has 0 bridgehead atoms. The van der Waals surface area contributed by atoms with Gasteiger partial charge < -0.3 is 15.3 Å². The van der Waals surface area contributed by atoms with Crippen molar-refractivity contribution in [2.24, 2.45) is 0 Å². The van der Waals surface area contributed by atoms with Crippen LogP contribution in [0.4, 0.5) is 4.39 Å². The summed E-state index contributed by atoms with van der Waals surface area (Å²) in [4.78, 5) is 37.4. The van der Waals surface area contributed by atoms with Crippen molar-refractivity contribution in [1.29, 1.82) is 0 Å². The lowest BCUT2D eigenvalue weighted by atomic mass is 10.2. The Morgan fingerprint density at radius 3 is 2.30 bits per heavy atom. The predicted molar refractivity (Wildman–Crippen MR) is 76.8 cm³/mol. The van der Waals surface area contributed by atoms with Gasteiger partial charge in [0.25, 0.3) is 5.91 Å². The van der Waals surface area contributed by atoms with Crippen molar-refractivity contribution in [1.82, 2.24) is 5.06 Å². The van der Waals surface area contributed by atoms with E-state index in [-0.39, 0.29) is 12.1 Å². The fraction of sp³-hybridized carbons (Fsp3) is 0.214. The van der Waals surface area contributed by atoms with Gasteiger partial charge in [-0.05, 0) is 18.6 Å². The van der Waals surface area contributed by atoms with Crippen LogP contribution >= 0.6 is 0 Å². The van der Waals surface area contributed by atoms with Gasteiger partial charge in [0.1, 0.15) is 5.83 Å². The third-order valence-corrected chi connectivity index (χ3v) is 2.17. The number of halogens is 1. The van der Waals surface area contributed by atoms with Crippen molar-refractivity contribution in [2.45, 2.75) is 6.92 Å². The number of carboxylic acids is 2. The summed E-state index contributed by atoms with van der Waals surface area (Å²) in [5, 5.41) is 26.5. The molecule has 0 radical (unpaired) electrons. The molecule has 0 unspecified atom stereocenters. The highest BCUT2D eigenvalue weighted by molar-refractivity contribution is 5.95. The summed E-state index contributed by atoms with van der Waals surface area (Å²) in [7, 11) is 0. The number of hydrogen-bond acceptors (Lipinski definition) is 5. The smallest absolute Gasteiger partial charge is 0.371 e. The molecule has 0 aliphatic rings. The van der Waals surface area contributed by atoms with E-state index in [2.05, 4.69) is 11.4 Å². The monoisotopic (exact) mass is 329 g/mol. The van der Waals surface area contributed by atoms with Crippen molar-refractivity contribution in [3.8, 4) is 0 Å². The summed E-state index contributed by atoms with van der Waals surface area (Å²) in [5.74, 6) is -6.05. The number of hydroxylamine groups is 2. The van der Waals surface area contributed by atoms with E-state index in [9.17, 15) is 18.8 Å². The van der Waals surface area contributed by atoms with Crippen LogP contribution in [0.3, 0.4) is 0 Å². The van der Waals surface area contributed by atoms with Crippen LogP contribution in [0.25, 0.3) is 0 Å². The molecule has 0 atom stereocenters. The minimum Gasteiger partial charge on any atom is -0.502 e. The SMILES string of the molecule is C=C(/C=C\C(F)=C/C)CN(OCC(=O)O)C(=O)/C=C(\O)C(=O)O. The summed E-state index contributed by atoms with van der Waals surface area (Å²) in [6.45, 7) is 3.74. The van der Waals surface area contributed by atoms with E-state index in [0.717, 1.165) is 6.08 Å². The maximum Gasteiger partial charge on any atom is 0.371 e. The number of nitrogens with zero attached hydrogens (tertiary/aromatic N) is 1. The van der Waals surface area contributed by atoms with Crippen molar-refractivity contribution in [3.63, 3.8) is 0 Å². The Balaban J connectivity index is 5.07. The highest BCUT2D eigenvalue weighted by Gasteiger charge is 2.17. The maximum absolute atomic E-state index is 12.9. The van der Waals surface area contributed by atoms with Crippen LogP contribution in [0.2, 0.25) is 0 Å². The van der Waals surface area contributed by atoms with Gasteiger partial charge in [-0.1, -0.05) is 18.7 Å². The zero-order valence-corrected chi connectivity index (χ0v) is 12.2. The molecule has 0 spiro atoms. The van der Waals surface area contributed by atoms with Gasteiger partial charge in [0, 0.05) is 0 Å². The molecule has 0 fully saturated rings. The van der Waals surface area contributed by atoms with Crippen LogP contribution in [0.1, 0.15) is 6.92 Å². The molecule has 0 aromatic heterocycles. The van der Waals surface area contributed by atoms with Crippen molar-refractivity contribution in [2.75, 3.05) is 13.2 Å². The van der Waals surface area contributed by atoms with E-state index >= 15 is 0 Å². The third kappa shape index (κ3) is 8.83. The fourth-order valence-corrected chi connectivity index (χ4v) is 1.10. The number of hydrogen-bond donors (Lipinski definition) is 3. The van der Waals surface area contributed by atoms with Crippen molar-refractivity contribution >= 4 is 17.8 Å². The van der Waals surface area contributed by atoms with Crippen molar-refractivity contribution < 1.29 is 38.9 Å². The molecule has 0 aromatic carbocycles. The molecule has 0 saturated carbocycles. The normalized spacial score (nSPS) is 12.3. The number of aliphatic hydroxyl groups is 1. The number of aliphatic carboxylic acids is 2. The summed E-state index contributed by atoms with van der Waals surface area (Å²) in [5.41, 5.74) is 0.170. The molecule has 1 amide bonds. The van der Waals surface area contributed by atoms with Gasteiger partial charge in [-0.15, -0.1) is 0 Å². The second-order valence-corrected chi connectivity index (χ2v) is 4.04. The van der Waals surface area contributed by atoms with E-state index < -0.39 is 36.0 Å². The maximum atomic E-state index is 12.9. The van der Waals surface area contributed by atoms with Gasteiger partial charge >= 0.3 is 11.9 Å². The fourth-order valence-electron chi connectivity index (χ4n) is 1.10. The van der Waals surface area contributed by atoms with Gasteiger partial charge in [0.15, 0.2) is 6.61 Å². The van der Waals surface area contributed by atoms with Crippen LogP contribution in [0, 0.1) is 0 Å². The van der Waals surface area contributed by atoms with Crippen molar-refractivity contribution in [3.05, 3.63) is 48.0 Å². The summed E-state index contributed by atoms with van der Waals surface area (Å²) >= 11 is 0. The minimum absolute atomic E-state index is 0.170. The Morgan fingerprint density at radius 2 is 1.83 bits per heavy atom.